The van der Waals surface area contributed by atoms with Crippen molar-refractivity contribution in [2.45, 2.75) is 97.8 Å². The van der Waals surface area contributed by atoms with Gasteiger partial charge in [-0.05, 0) is 38.0 Å². The molecular weight excluding hydrogens is 272 g/mol. The monoisotopic (exact) mass is 310 g/mol. The second-order valence-electron chi connectivity index (χ2n) is 6.97. The second kappa shape index (κ2) is 15.1. The molecule has 0 spiro atoms. The van der Waals surface area contributed by atoms with Crippen LogP contribution in [-0.4, -0.2) is 11.1 Å². The number of carbonyl (C=O) groups is 1. The summed E-state index contributed by atoms with van der Waals surface area (Å²) in [5.41, 5.74) is 0. The Kier molecular flexibility index (Phi) is 14.6. The Labute approximate surface area is 138 Å². The van der Waals surface area contributed by atoms with Crippen molar-refractivity contribution >= 4 is 5.97 Å². The summed E-state index contributed by atoms with van der Waals surface area (Å²) in [6.45, 7) is 6.65. The summed E-state index contributed by atoms with van der Waals surface area (Å²) in [4.78, 5) is 11.0. The van der Waals surface area contributed by atoms with Crippen LogP contribution in [0.3, 0.4) is 0 Å². The summed E-state index contributed by atoms with van der Waals surface area (Å²) >= 11 is 0. The van der Waals surface area contributed by atoms with Gasteiger partial charge in [0.15, 0.2) is 0 Å². The van der Waals surface area contributed by atoms with Gasteiger partial charge in [0.25, 0.3) is 0 Å². The Balaban J connectivity index is 3.38. The van der Waals surface area contributed by atoms with Crippen LogP contribution in [-0.2, 0) is 4.79 Å². The van der Waals surface area contributed by atoms with Crippen LogP contribution in [0.1, 0.15) is 97.8 Å². The number of carboxylic acid groups (broad SMARTS) is 1. The van der Waals surface area contributed by atoms with E-state index in [1.165, 1.54) is 44.9 Å². The third kappa shape index (κ3) is 14.2. The Morgan fingerprint density at radius 2 is 1.45 bits per heavy atom. The Hall–Kier alpha value is -0.790. The van der Waals surface area contributed by atoms with E-state index in [4.69, 9.17) is 5.11 Å². The van der Waals surface area contributed by atoms with Gasteiger partial charge in [-0.3, -0.25) is 4.79 Å². The van der Waals surface area contributed by atoms with E-state index in [-0.39, 0.29) is 5.92 Å². The molecule has 22 heavy (non-hydrogen) atoms. The maximum atomic E-state index is 11.0. The zero-order valence-corrected chi connectivity index (χ0v) is 15.2. The molecule has 0 amide bonds. The zero-order chi connectivity index (χ0) is 16.6. The first-order valence-electron chi connectivity index (χ1n) is 9.45. The average Bonchev–Trinajstić information content (AvgIpc) is 2.46. The molecule has 1 atom stereocenters. The molecule has 130 valence electrons. The molecule has 0 rings (SSSR count). The predicted molar refractivity (Wildman–Crippen MR) is 96.2 cm³/mol. The molecule has 0 saturated carbocycles. The molecule has 0 aliphatic rings. The van der Waals surface area contributed by atoms with Crippen molar-refractivity contribution in [2.75, 3.05) is 0 Å². The fourth-order valence-corrected chi connectivity index (χ4v) is 2.79. The first-order valence-corrected chi connectivity index (χ1v) is 9.45. The number of allylic oxidation sites excluding steroid dienone is 2. The van der Waals surface area contributed by atoms with Gasteiger partial charge in [0.05, 0.1) is 5.92 Å². The van der Waals surface area contributed by atoms with Crippen molar-refractivity contribution in [1.82, 2.24) is 0 Å². The number of unbranched alkanes of at least 4 members (excludes halogenated alkanes) is 6. The standard InChI is InChI=1S/C20H38O2/c1-4-15-19(20(21)22)17-14-12-10-8-6-5-7-9-11-13-16-18(2)3/h10,12,18-19H,4-9,11,13-17H2,1-3H3,(H,21,22). The Bertz CT molecular complexity index is 281. The molecule has 0 aromatic rings. The Morgan fingerprint density at radius 3 is 2.05 bits per heavy atom. The molecule has 0 aliphatic heterocycles. The van der Waals surface area contributed by atoms with Gasteiger partial charge in [-0.15, -0.1) is 0 Å². The summed E-state index contributed by atoms with van der Waals surface area (Å²) in [6, 6.07) is 0. The van der Waals surface area contributed by atoms with Gasteiger partial charge in [-0.1, -0.05) is 77.9 Å². The molecule has 1 unspecified atom stereocenters. The smallest absolute Gasteiger partial charge is 0.306 e. The number of carboxylic acids is 1. The lowest BCUT2D eigenvalue weighted by Crippen LogP contribution is -2.12. The third-order valence-corrected chi connectivity index (χ3v) is 4.24. The molecular formula is C20H38O2. The molecule has 0 radical (unpaired) electrons. The van der Waals surface area contributed by atoms with Crippen molar-refractivity contribution in [1.29, 1.82) is 0 Å². The first-order chi connectivity index (χ1) is 10.6. The largest absolute Gasteiger partial charge is 0.481 e. The van der Waals surface area contributed by atoms with Crippen molar-refractivity contribution in [3.63, 3.8) is 0 Å². The highest BCUT2D eigenvalue weighted by molar-refractivity contribution is 5.69. The van der Waals surface area contributed by atoms with Crippen LogP contribution in [0.5, 0.6) is 0 Å². The van der Waals surface area contributed by atoms with Gasteiger partial charge in [0.2, 0.25) is 0 Å². The van der Waals surface area contributed by atoms with Crippen LogP contribution in [0.25, 0.3) is 0 Å². The molecule has 0 aliphatic carbocycles. The summed E-state index contributed by atoms with van der Waals surface area (Å²) in [5, 5.41) is 9.07. The average molecular weight is 311 g/mol. The maximum Gasteiger partial charge on any atom is 0.306 e. The lowest BCUT2D eigenvalue weighted by atomic mass is 9.98. The number of hydrogen-bond acceptors (Lipinski definition) is 1. The fraction of sp³-hybridized carbons (Fsp3) is 0.850. The predicted octanol–water partition coefficient (Wildman–Crippen LogP) is 6.60. The van der Waals surface area contributed by atoms with Crippen molar-refractivity contribution < 1.29 is 9.90 Å². The number of hydrogen-bond donors (Lipinski definition) is 1. The third-order valence-electron chi connectivity index (χ3n) is 4.24. The van der Waals surface area contributed by atoms with Gasteiger partial charge in [-0.25, -0.2) is 0 Å². The molecule has 0 aromatic heterocycles. The van der Waals surface area contributed by atoms with E-state index in [1.54, 1.807) is 0 Å². The highest BCUT2D eigenvalue weighted by Gasteiger charge is 2.14. The van der Waals surface area contributed by atoms with Gasteiger partial charge in [-0.2, -0.15) is 0 Å². The van der Waals surface area contributed by atoms with Crippen LogP contribution in [0.15, 0.2) is 12.2 Å². The minimum absolute atomic E-state index is 0.152. The van der Waals surface area contributed by atoms with Crippen LogP contribution in [0.2, 0.25) is 0 Å². The minimum atomic E-state index is -0.632. The van der Waals surface area contributed by atoms with E-state index in [9.17, 15) is 4.79 Å². The normalized spacial score (nSPS) is 13.1. The van der Waals surface area contributed by atoms with E-state index in [2.05, 4.69) is 32.9 Å². The van der Waals surface area contributed by atoms with Crippen molar-refractivity contribution in [3.05, 3.63) is 12.2 Å². The topological polar surface area (TPSA) is 37.3 Å². The maximum absolute atomic E-state index is 11.0. The highest BCUT2D eigenvalue weighted by atomic mass is 16.4. The quantitative estimate of drug-likeness (QED) is 0.273. The molecule has 2 heteroatoms. The molecule has 1 N–H and O–H groups in total. The number of aliphatic carboxylic acids is 1. The Morgan fingerprint density at radius 1 is 0.864 bits per heavy atom. The molecule has 0 fully saturated rings. The van der Waals surface area contributed by atoms with Gasteiger partial charge in [0.1, 0.15) is 0 Å². The van der Waals surface area contributed by atoms with Gasteiger partial charge < -0.3 is 5.11 Å². The van der Waals surface area contributed by atoms with Crippen molar-refractivity contribution in [3.8, 4) is 0 Å². The lowest BCUT2D eigenvalue weighted by Gasteiger charge is -2.08. The summed E-state index contributed by atoms with van der Waals surface area (Å²) in [5.74, 6) is 0.0661. The van der Waals surface area contributed by atoms with E-state index in [0.717, 1.165) is 38.0 Å². The lowest BCUT2D eigenvalue weighted by molar-refractivity contribution is -0.142. The highest BCUT2D eigenvalue weighted by Crippen LogP contribution is 2.15. The van der Waals surface area contributed by atoms with Crippen LogP contribution in [0.4, 0.5) is 0 Å². The van der Waals surface area contributed by atoms with Crippen LogP contribution in [0, 0.1) is 11.8 Å². The molecule has 2 nitrogen and oxygen atoms in total. The number of rotatable bonds is 15. The van der Waals surface area contributed by atoms with Crippen LogP contribution < -0.4 is 0 Å². The molecule has 0 bridgehead atoms. The molecule has 0 aromatic carbocycles. The second-order valence-corrected chi connectivity index (χ2v) is 6.97. The summed E-state index contributed by atoms with van der Waals surface area (Å²) in [7, 11) is 0. The first kappa shape index (κ1) is 21.2. The van der Waals surface area contributed by atoms with E-state index < -0.39 is 5.97 Å². The summed E-state index contributed by atoms with van der Waals surface area (Å²) < 4.78 is 0. The SMILES string of the molecule is CCCC(CCC=CCCCCCCCCC(C)C)C(=O)O. The van der Waals surface area contributed by atoms with E-state index >= 15 is 0 Å². The minimum Gasteiger partial charge on any atom is -0.481 e. The van der Waals surface area contributed by atoms with Crippen LogP contribution >= 0.6 is 0 Å². The molecule has 0 saturated heterocycles. The molecule has 0 heterocycles. The van der Waals surface area contributed by atoms with Gasteiger partial charge >= 0.3 is 5.97 Å². The van der Waals surface area contributed by atoms with Crippen molar-refractivity contribution in [2.24, 2.45) is 11.8 Å². The van der Waals surface area contributed by atoms with E-state index in [0.29, 0.717) is 0 Å². The zero-order valence-electron chi connectivity index (χ0n) is 15.2. The fourth-order valence-electron chi connectivity index (χ4n) is 2.79. The van der Waals surface area contributed by atoms with Gasteiger partial charge in [0, 0.05) is 0 Å². The van der Waals surface area contributed by atoms with E-state index in [1.807, 2.05) is 0 Å². The summed E-state index contributed by atoms with van der Waals surface area (Å²) in [6.07, 6.45) is 18.5.